The maximum Gasteiger partial charge on any atom is 0.238 e. The van der Waals surface area contributed by atoms with Gasteiger partial charge in [0.15, 0.2) is 0 Å². The molecule has 1 atom stereocenters. The summed E-state index contributed by atoms with van der Waals surface area (Å²) in [6.07, 6.45) is 0.792. The van der Waals surface area contributed by atoms with Crippen LogP contribution in [0.3, 0.4) is 0 Å². The fraction of sp³-hybridized carbons (Fsp3) is 0.333. The van der Waals surface area contributed by atoms with Crippen molar-refractivity contribution in [3.63, 3.8) is 0 Å². The highest BCUT2D eigenvalue weighted by Crippen LogP contribution is 2.10. The Morgan fingerprint density at radius 1 is 1.28 bits per heavy atom. The summed E-state index contributed by atoms with van der Waals surface area (Å²) in [7, 11) is 1.70. The summed E-state index contributed by atoms with van der Waals surface area (Å²) >= 11 is 1.66. The van der Waals surface area contributed by atoms with Gasteiger partial charge in [0.2, 0.25) is 11.8 Å². The minimum Gasteiger partial charge on any atom is -0.354 e. The Labute approximate surface area is 150 Å². The van der Waals surface area contributed by atoms with E-state index in [-0.39, 0.29) is 18.4 Å². The molecular formula is C18H22FN3O2S. The normalized spacial score (nSPS) is 12.0. The number of hydrogen-bond acceptors (Lipinski definition) is 4. The zero-order chi connectivity index (χ0) is 18.2. The molecule has 0 spiro atoms. The van der Waals surface area contributed by atoms with Gasteiger partial charge in [0, 0.05) is 17.1 Å². The Hall–Kier alpha value is -2.25. The molecule has 2 amide bonds. The summed E-state index contributed by atoms with van der Waals surface area (Å²) in [5.74, 6) is -0.839. The number of nitrogens with zero attached hydrogens (tertiary/aromatic N) is 1. The number of anilines is 1. The van der Waals surface area contributed by atoms with Gasteiger partial charge in [-0.15, -0.1) is 11.3 Å². The van der Waals surface area contributed by atoms with Crippen molar-refractivity contribution in [2.24, 2.45) is 0 Å². The SMILES string of the molecule is C[C@@H](C(=O)NCCc1cccs1)N(C)CC(=O)Nc1cccc(F)c1. The first kappa shape index (κ1) is 19.1. The molecule has 5 nitrogen and oxygen atoms in total. The Bertz CT molecular complexity index is 706. The van der Waals surface area contributed by atoms with Crippen molar-refractivity contribution in [3.05, 3.63) is 52.5 Å². The van der Waals surface area contributed by atoms with Crippen LogP contribution in [0.5, 0.6) is 0 Å². The Kier molecular flexibility index (Phi) is 7.09. The Balaban J connectivity index is 1.75. The lowest BCUT2D eigenvalue weighted by molar-refractivity contribution is -0.126. The second-order valence-electron chi connectivity index (χ2n) is 5.77. The van der Waals surface area contributed by atoms with Gasteiger partial charge in [-0.25, -0.2) is 4.39 Å². The van der Waals surface area contributed by atoms with Gasteiger partial charge in [0.05, 0.1) is 12.6 Å². The van der Waals surface area contributed by atoms with E-state index >= 15 is 0 Å². The number of carbonyl (C=O) groups is 2. The molecule has 0 radical (unpaired) electrons. The number of halogens is 1. The highest BCUT2D eigenvalue weighted by molar-refractivity contribution is 7.09. The fourth-order valence-corrected chi connectivity index (χ4v) is 2.95. The van der Waals surface area contributed by atoms with Crippen molar-refractivity contribution in [2.75, 3.05) is 25.5 Å². The number of benzene rings is 1. The van der Waals surface area contributed by atoms with Crippen molar-refractivity contribution in [1.29, 1.82) is 0 Å². The molecule has 0 bridgehead atoms. The number of carbonyl (C=O) groups excluding carboxylic acids is 2. The lowest BCUT2D eigenvalue weighted by Crippen LogP contribution is -2.46. The topological polar surface area (TPSA) is 61.4 Å². The average Bonchev–Trinajstić information content (AvgIpc) is 3.07. The number of thiophene rings is 1. The average molecular weight is 363 g/mol. The monoisotopic (exact) mass is 363 g/mol. The Morgan fingerprint density at radius 3 is 2.76 bits per heavy atom. The zero-order valence-electron chi connectivity index (χ0n) is 14.3. The summed E-state index contributed by atoms with van der Waals surface area (Å²) in [6.45, 7) is 2.35. The van der Waals surface area contributed by atoms with Gasteiger partial charge < -0.3 is 10.6 Å². The van der Waals surface area contributed by atoms with Crippen molar-refractivity contribution < 1.29 is 14.0 Å². The van der Waals surface area contributed by atoms with E-state index < -0.39 is 11.9 Å². The second kappa shape index (κ2) is 9.29. The van der Waals surface area contributed by atoms with Crippen molar-refractivity contribution in [3.8, 4) is 0 Å². The van der Waals surface area contributed by atoms with Crippen LogP contribution >= 0.6 is 11.3 Å². The van der Waals surface area contributed by atoms with Gasteiger partial charge in [0.1, 0.15) is 5.82 Å². The molecule has 1 heterocycles. The number of nitrogens with one attached hydrogen (secondary N) is 2. The maximum atomic E-state index is 13.1. The molecule has 0 saturated carbocycles. The lowest BCUT2D eigenvalue weighted by Gasteiger charge is -2.23. The van der Waals surface area contributed by atoms with Crippen LogP contribution < -0.4 is 10.6 Å². The largest absolute Gasteiger partial charge is 0.354 e. The molecule has 0 aliphatic carbocycles. The molecule has 7 heteroatoms. The summed E-state index contributed by atoms with van der Waals surface area (Å²) in [4.78, 5) is 27.1. The van der Waals surface area contributed by atoms with Gasteiger partial charge in [-0.05, 0) is 50.0 Å². The standard InChI is InChI=1S/C18H22FN3O2S/c1-13(18(24)20-9-8-16-7-4-10-25-16)22(2)12-17(23)21-15-6-3-5-14(19)11-15/h3-7,10-11,13H,8-9,12H2,1-2H3,(H,20,24)(H,21,23)/t13-/m0/s1. The molecule has 1 aromatic heterocycles. The predicted molar refractivity (Wildman–Crippen MR) is 98.2 cm³/mol. The first-order valence-electron chi connectivity index (χ1n) is 8.01. The van der Waals surface area contributed by atoms with E-state index in [0.29, 0.717) is 12.2 Å². The Morgan fingerprint density at radius 2 is 2.08 bits per heavy atom. The molecule has 134 valence electrons. The fourth-order valence-electron chi connectivity index (χ4n) is 2.24. The number of rotatable bonds is 8. The first-order valence-corrected chi connectivity index (χ1v) is 8.89. The van der Waals surface area contributed by atoms with E-state index in [1.807, 2.05) is 17.5 Å². The molecule has 25 heavy (non-hydrogen) atoms. The number of amides is 2. The maximum absolute atomic E-state index is 13.1. The quantitative estimate of drug-likeness (QED) is 0.758. The van der Waals surface area contributed by atoms with Crippen molar-refractivity contribution >= 4 is 28.8 Å². The van der Waals surface area contributed by atoms with Gasteiger partial charge in [-0.2, -0.15) is 0 Å². The second-order valence-corrected chi connectivity index (χ2v) is 6.80. The van der Waals surface area contributed by atoms with Crippen LogP contribution in [-0.2, 0) is 16.0 Å². The number of hydrogen-bond donors (Lipinski definition) is 2. The van der Waals surface area contributed by atoms with Crippen LogP contribution in [-0.4, -0.2) is 42.9 Å². The molecule has 2 rings (SSSR count). The minimum absolute atomic E-state index is 0.0377. The minimum atomic E-state index is -0.443. The van der Waals surface area contributed by atoms with Crippen LogP contribution in [0.4, 0.5) is 10.1 Å². The highest BCUT2D eigenvalue weighted by Gasteiger charge is 2.19. The van der Waals surface area contributed by atoms with Crippen LogP contribution in [0, 0.1) is 5.82 Å². The van der Waals surface area contributed by atoms with E-state index in [0.717, 1.165) is 6.42 Å². The molecule has 0 fully saturated rings. The van der Waals surface area contributed by atoms with Crippen molar-refractivity contribution in [1.82, 2.24) is 10.2 Å². The van der Waals surface area contributed by atoms with Crippen LogP contribution in [0.15, 0.2) is 41.8 Å². The molecule has 0 unspecified atom stereocenters. The predicted octanol–water partition coefficient (Wildman–Crippen LogP) is 2.50. The lowest BCUT2D eigenvalue weighted by atomic mass is 10.2. The molecule has 0 aliphatic heterocycles. The van der Waals surface area contributed by atoms with Crippen LogP contribution in [0.2, 0.25) is 0 Å². The summed E-state index contributed by atoms with van der Waals surface area (Å²) < 4.78 is 13.1. The molecule has 0 saturated heterocycles. The molecule has 2 N–H and O–H groups in total. The first-order chi connectivity index (χ1) is 12.0. The van der Waals surface area contributed by atoms with Gasteiger partial charge in [0.25, 0.3) is 0 Å². The summed E-state index contributed by atoms with van der Waals surface area (Å²) in [5.41, 5.74) is 0.395. The smallest absolute Gasteiger partial charge is 0.238 e. The van der Waals surface area contributed by atoms with Crippen LogP contribution in [0.1, 0.15) is 11.8 Å². The molecule has 0 aliphatic rings. The number of likely N-dealkylation sites (N-methyl/N-ethyl adjacent to an activating group) is 1. The van der Waals surface area contributed by atoms with Crippen molar-refractivity contribution in [2.45, 2.75) is 19.4 Å². The van der Waals surface area contributed by atoms with E-state index in [1.165, 1.54) is 23.1 Å². The third kappa shape index (κ3) is 6.28. The van der Waals surface area contributed by atoms with Crippen LogP contribution in [0.25, 0.3) is 0 Å². The van der Waals surface area contributed by atoms with Gasteiger partial charge in [-0.1, -0.05) is 12.1 Å². The zero-order valence-corrected chi connectivity index (χ0v) is 15.1. The summed E-state index contributed by atoms with van der Waals surface area (Å²) in [6, 6.07) is 9.27. The third-order valence-corrected chi connectivity index (χ3v) is 4.73. The van der Waals surface area contributed by atoms with E-state index in [2.05, 4.69) is 10.6 Å². The molecule has 1 aromatic carbocycles. The summed E-state index contributed by atoms with van der Waals surface area (Å²) in [5, 5.41) is 7.50. The van der Waals surface area contributed by atoms with Gasteiger partial charge >= 0.3 is 0 Å². The highest BCUT2D eigenvalue weighted by atomic mass is 32.1. The van der Waals surface area contributed by atoms with E-state index in [4.69, 9.17) is 0 Å². The molecular weight excluding hydrogens is 341 g/mol. The third-order valence-electron chi connectivity index (χ3n) is 3.79. The van der Waals surface area contributed by atoms with E-state index in [9.17, 15) is 14.0 Å². The molecule has 2 aromatic rings. The van der Waals surface area contributed by atoms with E-state index in [1.54, 1.807) is 36.3 Å². The van der Waals surface area contributed by atoms with Gasteiger partial charge in [-0.3, -0.25) is 14.5 Å².